The molecule has 0 bridgehead atoms. The molecule has 0 aromatic rings. The van der Waals surface area contributed by atoms with Gasteiger partial charge in [0.15, 0.2) is 0 Å². The average molecular weight is 675 g/mol. The number of nitrogens with zero attached hydrogens (tertiary/aromatic N) is 3. The van der Waals surface area contributed by atoms with E-state index in [9.17, 15) is 0 Å². The summed E-state index contributed by atoms with van der Waals surface area (Å²) in [7, 11) is -7.65. The summed E-state index contributed by atoms with van der Waals surface area (Å²) in [6.45, 7) is 32.9. The minimum Gasteiger partial charge on any atom is -0.415 e. The van der Waals surface area contributed by atoms with Crippen molar-refractivity contribution < 1.29 is 17.1 Å². The van der Waals surface area contributed by atoms with Crippen LogP contribution in [0.5, 0.6) is 0 Å². The van der Waals surface area contributed by atoms with Gasteiger partial charge in [-0.2, -0.15) is 0 Å². The fourth-order valence-corrected chi connectivity index (χ4v) is 21.6. The van der Waals surface area contributed by atoms with E-state index in [1.807, 2.05) is 0 Å². The molecule has 0 spiro atoms. The molecule has 10 nitrogen and oxygen atoms in total. The summed E-state index contributed by atoms with van der Waals surface area (Å²) in [5, 5.41) is 10.5. The zero-order chi connectivity index (χ0) is 32.1. The Balaban J connectivity index is 1.75. The molecule has 3 aliphatic heterocycles. The lowest BCUT2D eigenvalue weighted by molar-refractivity contribution is 0.164. The van der Waals surface area contributed by atoms with E-state index in [0.29, 0.717) is 31.3 Å². The van der Waals surface area contributed by atoms with Crippen molar-refractivity contribution in [1.82, 2.24) is 30.7 Å². The highest BCUT2D eigenvalue weighted by atomic mass is 28.5. The van der Waals surface area contributed by atoms with E-state index in [4.69, 9.17) is 17.1 Å². The molecule has 44 heavy (non-hydrogen) atoms. The highest BCUT2D eigenvalue weighted by Gasteiger charge is 2.48. The maximum Gasteiger partial charge on any atom is 0.326 e. The van der Waals surface area contributed by atoms with E-state index in [1.165, 1.54) is 0 Å². The molecule has 3 heterocycles. The van der Waals surface area contributed by atoms with Crippen LogP contribution in [0.3, 0.4) is 0 Å². The van der Waals surface area contributed by atoms with E-state index in [1.54, 1.807) is 0 Å². The van der Waals surface area contributed by atoms with Crippen LogP contribution in [0.4, 0.5) is 0 Å². The van der Waals surface area contributed by atoms with Crippen molar-refractivity contribution in [2.45, 2.75) is 110 Å². The Morgan fingerprint density at radius 1 is 0.500 bits per heavy atom. The Hall–Kier alpha value is 0.251. The van der Waals surface area contributed by atoms with Gasteiger partial charge in [-0.3, -0.25) is 14.7 Å². The number of piperazine rings is 3. The Bertz CT molecular complexity index is 746. The lowest BCUT2D eigenvalue weighted by atomic mass is 10.2. The Morgan fingerprint density at radius 2 is 0.773 bits per heavy atom. The van der Waals surface area contributed by atoms with Gasteiger partial charge in [-0.25, -0.2) is 0 Å². The second-order valence-corrected chi connectivity index (χ2v) is 24.5. The second kappa shape index (κ2) is 19.3. The van der Waals surface area contributed by atoms with Gasteiger partial charge in [0.1, 0.15) is 0 Å². The summed E-state index contributed by atoms with van der Waals surface area (Å²) in [5.41, 5.74) is 0. The van der Waals surface area contributed by atoms with Gasteiger partial charge in [-0.1, -0.05) is 0 Å². The Kier molecular flexibility index (Phi) is 17.0. The average Bonchev–Trinajstić information content (AvgIpc) is 3.03. The molecule has 0 saturated carbocycles. The molecule has 5 atom stereocenters. The van der Waals surface area contributed by atoms with Crippen LogP contribution in [0.2, 0.25) is 37.8 Å². The molecule has 0 aromatic heterocycles. The highest BCUT2D eigenvalue weighted by molar-refractivity contribution is 6.85. The predicted octanol–water partition coefficient (Wildman–Crippen LogP) is 3.36. The van der Waals surface area contributed by atoms with Crippen molar-refractivity contribution in [1.29, 1.82) is 0 Å². The van der Waals surface area contributed by atoms with Gasteiger partial charge in [0.2, 0.25) is 0 Å². The van der Waals surface area contributed by atoms with Gasteiger partial charge in [0.05, 0.1) is 0 Å². The highest BCUT2D eigenvalue weighted by Crippen LogP contribution is 2.33. The zero-order valence-corrected chi connectivity index (χ0v) is 32.8. The summed E-state index contributed by atoms with van der Waals surface area (Å²) >= 11 is 0. The fourth-order valence-electron chi connectivity index (χ4n) is 7.28. The number of hydrogen-bond donors (Lipinski definition) is 3. The molecule has 3 N–H and O–H groups in total. The van der Waals surface area contributed by atoms with Gasteiger partial charge in [0, 0.05) is 110 Å². The normalized spacial score (nSPS) is 25.9. The van der Waals surface area contributed by atoms with Crippen molar-refractivity contribution >= 4 is 25.7 Å². The first kappa shape index (κ1) is 38.7. The van der Waals surface area contributed by atoms with Crippen LogP contribution in [0.15, 0.2) is 0 Å². The van der Waals surface area contributed by atoms with Gasteiger partial charge in [-0.05, 0) is 91.7 Å². The standard InChI is InChI=1S/C31H70N6O4Si3/c1-9-38-42(6,26-11-29(3)35-20-14-32-15-21-35)40-44(8,28-13-31(5)37-24-18-34-19-25-37)41-43(7,39-10-2)27-12-30(4)36-22-16-33-17-23-36/h29-34H,9-28H2,1-8H3. The third-order valence-corrected chi connectivity index (χ3v) is 22.4. The molecular weight excluding hydrogens is 605 g/mol. The van der Waals surface area contributed by atoms with Crippen LogP contribution in [0, 0.1) is 0 Å². The zero-order valence-electron chi connectivity index (χ0n) is 29.8. The number of nitrogens with one attached hydrogen (secondary N) is 3. The van der Waals surface area contributed by atoms with Gasteiger partial charge in [0.25, 0.3) is 0 Å². The molecule has 3 aliphatic rings. The van der Waals surface area contributed by atoms with Crippen molar-refractivity contribution in [3.8, 4) is 0 Å². The van der Waals surface area contributed by atoms with Crippen LogP contribution in [0.1, 0.15) is 53.9 Å². The van der Waals surface area contributed by atoms with E-state index in [-0.39, 0.29) is 0 Å². The molecule has 0 aromatic carbocycles. The molecule has 0 amide bonds. The van der Waals surface area contributed by atoms with Crippen LogP contribution in [-0.4, -0.2) is 150 Å². The summed E-state index contributed by atoms with van der Waals surface area (Å²) in [5.74, 6) is 0. The largest absolute Gasteiger partial charge is 0.415 e. The van der Waals surface area contributed by atoms with Crippen LogP contribution in [0.25, 0.3) is 0 Å². The van der Waals surface area contributed by atoms with Crippen molar-refractivity contribution in [3.63, 3.8) is 0 Å². The minimum atomic E-state index is -2.66. The summed E-state index contributed by atoms with van der Waals surface area (Å²) < 4.78 is 28.1. The summed E-state index contributed by atoms with van der Waals surface area (Å²) in [6, 6.07) is 4.55. The Morgan fingerprint density at radius 3 is 1.05 bits per heavy atom. The molecule has 0 radical (unpaired) electrons. The van der Waals surface area contributed by atoms with Gasteiger partial charge >= 0.3 is 25.7 Å². The first-order chi connectivity index (χ1) is 21.0. The van der Waals surface area contributed by atoms with E-state index < -0.39 is 25.7 Å². The van der Waals surface area contributed by atoms with E-state index >= 15 is 0 Å². The quantitative estimate of drug-likeness (QED) is 0.167. The van der Waals surface area contributed by atoms with Gasteiger partial charge in [-0.15, -0.1) is 0 Å². The maximum absolute atomic E-state index is 7.41. The molecule has 3 rings (SSSR count). The van der Waals surface area contributed by atoms with E-state index in [2.05, 4.69) is 84.9 Å². The molecule has 3 saturated heterocycles. The van der Waals surface area contributed by atoms with Crippen molar-refractivity contribution in [2.75, 3.05) is 91.8 Å². The van der Waals surface area contributed by atoms with Crippen LogP contribution < -0.4 is 16.0 Å². The molecule has 260 valence electrons. The third-order valence-electron chi connectivity index (χ3n) is 10.1. The van der Waals surface area contributed by atoms with Crippen LogP contribution in [-0.2, 0) is 17.1 Å². The lowest BCUT2D eigenvalue weighted by Crippen LogP contribution is -2.59. The molecule has 3 fully saturated rings. The lowest BCUT2D eigenvalue weighted by Gasteiger charge is -2.43. The SMILES string of the molecule is CCO[Si](C)(CCC(C)N1CCNCC1)O[Si](C)(CCC(C)N1CCNCC1)O[Si](C)(CCC(C)N1CCNCC1)OCC. The van der Waals surface area contributed by atoms with Gasteiger partial charge < -0.3 is 33.0 Å². The predicted molar refractivity (Wildman–Crippen MR) is 190 cm³/mol. The smallest absolute Gasteiger partial charge is 0.326 e. The third kappa shape index (κ3) is 13.0. The molecule has 5 unspecified atom stereocenters. The Labute approximate surface area is 274 Å². The van der Waals surface area contributed by atoms with Crippen LogP contribution >= 0.6 is 0 Å². The molecular formula is C31H70N6O4Si3. The van der Waals surface area contributed by atoms with E-state index in [0.717, 1.165) is 116 Å². The van der Waals surface area contributed by atoms with Crippen molar-refractivity contribution in [3.05, 3.63) is 0 Å². The first-order valence-electron chi connectivity index (χ1n) is 18.0. The maximum atomic E-state index is 7.41. The molecule has 13 heteroatoms. The first-order valence-corrected chi connectivity index (χ1v) is 25.6. The van der Waals surface area contributed by atoms with Crippen molar-refractivity contribution in [2.24, 2.45) is 0 Å². The number of hydrogen-bond acceptors (Lipinski definition) is 10. The monoisotopic (exact) mass is 674 g/mol. The minimum absolute atomic E-state index is 0.511. The second-order valence-electron chi connectivity index (χ2n) is 14.0. The fraction of sp³-hybridized carbons (Fsp3) is 1.00. The number of rotatable bonds is 20. The summed E-state index contributed by atoms with van der Waals surface area (Å²) in [4.78, 5) is 7.88. The topological polar surface area (TPSA) is 82.7 Å². The summed E-state index contributed by atoms with van der Waals surface area (Å²) in [6.07, 6.45) is 3.30. The molecule has 0 aliphatic carbocycles.